The van der Waals surface area contributed by atoms with Crippen molar-refractivity contribution >= 4 is 52.8 Å². The number of hydrogen-bond donors (Lipinski definition) is 0. The SMILES string of the molecule is CCC(C)(c1cc2sc3cc(C(C)(CC)C(C)(C)C)sc3c2s1)C(C)C(C)C. The minimum Gasteiger partial charge on any atom is -0.137 e. The van der Waals surface area contributed by atoms with Crippen LogP contribution in [-0.2, 0) is 10.8 Å². The first-order valence-corrected chi connectivity index (χ1v) is 13.3. The molecule has 0 aliphatic rings. The first-order chi connectivity index (χ1) is 12.9. The van der Waals surface area contributed by atoms with Crippen molar-refractivity contribution in [3.63, 3.8) is 0 Å². The molecule has 3 heterocycles. The lowest BCUT2D eigenvalue weighted by atomic mass is 9.65. The zero-order chi connectivity index (χ0) is 21.1. The summed E-state index contributed by atoms with van der Waals surface area (Å²) in [5.41, 5.74) is 0.766. The van der Waals surface area contributed by atoms with Crippen LogP contribution in [0.5, 0.6) is 0 Å². The molecule has 28 heavy (non-hydrogen) atoms. The second kappa shape index (κ2) is 7.39. The molecule has 0 fully saturated rings. The summed E-state index contributed by atoms with van der Waals surface area (Å²) in [6.07, 6.45) is 2.39. The van der Waals surface area contributed by atoms with Gasteiger partial charge >= 0.3 is 0 Å². The Morgan fingerprint density at radius 2 is 1.25 bits per heavy atom. The topological polar surface area (TPSA) is 0 Å². The van der Waals surface area contributed by atoms with Gasteiger partial charge in [-0.1, -0.05) is 69.2 Å². The van der Waals surface area contributed by atoms with E-state index >= 15 is 0 Å². The lowest BCUT2D eigenvalue weighted by molar-refractivity contribution is 0.200. The Labute approximate surface area is 184 Å². The quantitative estimate of drug-likeness (QED) is 0.362. The zero-order valence-corrected chi connectivity index (χ0v) is 21.9. The van der Waals surface area contributed by atoms with Crippen LogP contribution in [-0.4, -0.2) is 0 Å². The molecular formula is C25H38S3. The normalized spacial score (nSPS) is 18.7. The minimum absolute atomic E-state index is 0.229. The summed E-state index contributed by atoms with van der Waals surface area (Å²) in [5, 5.41) is 0. The van der Waals surface area contributed by atoms with E-state index in [1.807, 2.05) is 11.3 Å². The van der Waals surface area contributed by atoms with Gasteiger partial charge in [-0.2, -0.15) is 0 Å². The second-order valence-corrected chi connectivity index (χ2v) is 13.6. The second-order valence-electron chi connectivity index (χ2n) is 10.4. The fraction of sp³-hybridized carbons (Fsp3) is 0.680. The fourth-order valence-electron chi connectivity index (χ4n) is 4.42. The Morgan fingerprint density at radius 3 is 1.68 bits per heavy atom. The van der Waals surface area contributed by atoms with Gasteiger partial charge in [0.25, 0.3) is 0 Å². The molecule has 0 radical (unpaired) electrons. The van der Waals surface area contributed by atoms with E-state index < -0.39 is 0 Å². The van der Waals surface area contributed by atoms with Crippen molar-refractivity contribution < 1.29 is 0 Å². The van der Waals surface area contributed by atoms with Crippen molar-refractivity contribution in [2.45, 2.75) is 92.9 Å². The molecule has 3 rings (SSSR count). The predicted octanol–water partition coefficient (Wildman–Crippen LogP) is 9.85. The highest BCUT2D eigenvalue weighted by Crippen LogP contribution is 2.53. The van der Waals surface area contributed by atoms with Crippen molar-refractivity contribution in [3.8, 4) is 0 Å². The minimum atomic E-state index is 0.229. The van der Waals surface area contributed by atoms with Crippen LogP contribution in [0.3, 0.4) is 0 Å². The number of thiophene rings is 3. The van der Waals surface area contributed by atoms with Crippen LogP contribution >= 0.6 is 34.0 Å². The molecular weight excluding hydrogens is 396 g/mol. The summed E-state index contributed by atoms with van der Waals surface area (Å²) >= 11 is 6.14. The highest BCUT2D eigenvalue weighted by atomic mass is 32.1. The monoisotopic (exact) mass is 434 g/mol. The van der Waals surface area contributed by atoms with Gasteiger partial charge in [-0.15, -0.1) is 34.0 Å². The van der Waals surface area contributed by atoms with Crippen molar-refractivity contribution in [2.75, 3.05) is 0 Å². The van der Waals surface area contributed by atoms with Gasteiger partial charge in [0, 0.05) is 30.0 Å². The molecule has 0 N–H and O–H groups in total. The molecule has 0 aliphatic heterocycles. The van der Waals surface area contributed by atoms with Gasteiger partial charge in [0.1, 0.15) is 0 Å². The fourth-order valence-corrected chi connectivity index (χ4v) is 9.18. The highest BCUT2D eigenvalue weighted by molar-refractivity contribution is 7.38. The Bertz CT molecular complexity index is 961. The van der Waals surface area contributed by atoms with Gasteiger partial charge in [-0.3, -0.25) is 0 Å². The van der Waals surface area contributed by atoms with E-state index in [0.717, 1.165) is 0 Å². The molecule has 0 nitrogen and oxygen atoms in total. The van der Waals surface area contributed by atoms with Gasteiger partial charge in [0.2, 0.25) is 0 Å². The van der Waals surface area contributed by atoms with E-state index in [9.17, 15) is 0 Å². The van der Waals surface area contributed by atoms with E-state index in [2.05, 4.69) is 104 Å². The molecule has 0 saturated heterocycles. The van der Waals surface area contributed by atoms with Crippen molar-refractivity contribution in [1.82, 2.24) is 0 Å². The summed E-state index contributed by atoms with van der Waals surface area (Å²) in [6, 6.07) is 5.02. The third-order valence-corrected chi connectivity index (χ3v) is 12.4. The summed E-state index contributed by atoms with van der Waals surface area (Å²) in [4.78, 5) is 3.15. The van der Waals surface area contributed by atoms with E-state index in [1.54, 1.807) is 9.75 Å². The predicted molar refractivity (Wildman–Crippen MR) is 134 cm³/mol. The molecule has 3 aromatic heterocycles. The molecule has 3 atom stereocenters. The van der Waals surface area contributed by atoms with Gasteiger partial charge in [-0.25, -0.2) is 0 Å². The molecule has 0 spiro atoms. The molecule has 3 unspecified atom stereocenters. The summed E-state index contributed by atoms with van der Waals surface area (Å²) in [7, 11) is 0. The summed E-state index contributed by atoms with van der Waals surface area (Å²) in [5.74, 6) is 1.39. The maximum Gasteiger partial charge on any atom is 0.0632 e. The number of rotatable bonds is 6. The van der Waals surface area contributed by atoms with Crippen molar-refractivity contribution in [2.24, 2.45) is 17.3 Å². The first kappa shape index (κ1) is 22.3. The Kier molecular flexibility index (Phi) is 5.89. The van der Waals surface area contributed by atoms with Crippen LogP contribution in [0.15, 0.2) is 12.1 Å². The van der Waals surface area contributed by atoms with Crippen LogP contribution in [0.25, 0.3) is 18.8 Å². The molecule has 0 amide bonds. The van der Waals surface area contributed by atoms with Crippen molar-refractivity contribution in [3.05, 3.63) is 21.9 Å². The average Bonchev–Trinajstić information content (AvgIpc) is 3.28. The van der Waals surface area contributed by atoms with Crippen molar-refractivity contribution in [1.29, 1.82) is 0 Å². The molecule has 3 heteroatoms. The van der Waals surface area contributed by atoms with Crippen LogP contribution in [0.4, 0.5) is 0 Å². The Morgan fingerprint density at radius 1 is 0.750 bits per heavy atom. The third kappa shape index (κ3) is 3.30. The first-order valence-electron chi connectivity index (χ1n) is 10.9. The van der Waals surface area contributed by atoms with Gasteiger partial charge in [-0.05, 0) is 42.2 Å². The largest absolute Gasteiger partial charge is 0.137 e. The maximum atomic E-state index is 2.52. The van der Waals surface area contributed by atoms with Gasteiger partial charge in [0.05, 0.1) is 9.40 Å². The Hall–Kier alpha value is -0.380. The molecule has 0 saturated carbocycles. The van der Waals surface area contributed by atoms with Crippen LogP contribution in [0.2, 0.25) is 0 Å². The van der Waals surface area contributed by atoms with Gasteiger partial charge in [0.15, 0.2) is 0 Å². The van der Waals surface area contributed by atoms with E-state index in [0.29, 0.717) is 11.8 Å². The molecule has 156 valence electrons. The molecule has 0 aromatic carbocycles. The molecule has 3 aromatic rings. The van der Waals surface area contributed by atoms with E-state index in [1.165, 1.54) is 31.6 Å². The number of fused-ring (bicyclic) bond motifs is 3. The number of hydrogen-bond acceptors (Lipinski definition) is 3. The van der Waals surface area contributed by atoms with Crippen LogP contribution in [0, 0.1) is 17.3 Å². The average molecular weight is 435 g/mol. The van der Waals surface area contributed by atoms with E-state index in [4.69, 9.17) is 0 Å². The summed E-state index contributed by atoms with van der Waals surface area (Å²) < 4.78 is 6.06. The summed E-state index contributed by atoms with van der Waals surface area (Å²) in [6.45, 7) is 24.0. The smallest absolute Gasteiger partial charge is 0.0632 e. The van der Waals surface area contributed by atoms with Crippen LogP contribution in [0.1, 0.15) is 91.8 Å². The van der Waals surface area contributed by atoms with Gasteiger partial charge < -0.3 is 0 Å². The lowest BCUT2D eigenvalue weighted by Gasteiger charge is -2.40. The third-order valence-electron chi connectivity index (χ3n) is 8.03. The molecule has 0 aliphatic carbocycles. The standard InChI is InChI=1S/C25H38S3/c1-11-24(9,16(5)15(3)4)19-13-17-21(27-19)22-18(26-17)14-20(28-22)25(10,12-2)23(6,7)8/h13-16H,11-12H2,1-10H3. The molecule has 0 bridgehead atoms. The maximum absolute atomic E-state index is 2.52. The highest BCUT2D eigenvalue weighted by Gasteiger charge is 2.39. The Balaban J connectivity index is 2.13. The zero-order valence-electron chi connectivity index (χ0n) is 19.4. The van der Waals surface area contributed by atoms with E-state index in [-0.39, 0.29) is 16.2 Å². The van der Waals surface area contributed by atoms with Crippen LogP contribution < -0.4 is 0 Å². The lowest BCUT2D eigenvalue weighted by Crippen LogP contribution is -2.35.